The Morgan fingerprint density at radius 2 is 1.43 bits per heavy atom. The van der Waals surface area contributed by atoms with Crippen LogP contribution in [0, 0.1) is 17.6 Å². The van der Waals surface area contributed by atoms with Gasteiger partial charge in [-0.3, -0.25) is 4.79 Å². The molecule has 1 amide bonds. The second-order valence-electron chi connectivity index (χ2n) is 10.2. The van der Waals surface area contributed by atoms with Gasteiger partial charge in [0.1, 0.15) is 26.2 Å². The molecule has 2 aliphatic heterocycles. The van der Waals surface area contributed by atoms with Crippen molar-refractivity contribution in [2.75, 3.05) is 24.6 Å². The molecule has 0 aromatic heterocycles. The van der Waals surface area contributed by atoms with Gasteiger partial charge in [-0.15, -0.1) is 0 Å². The van der Waals surface area contributed by atoms with Gasteiger partial charge in [0.2, 0.25) is 5.91 Å². The lowest BCUT2D eigenvalue weighted by molar-refractivity contribution is -0.349. The number of likely N-dealkylation sites (tertiary alicyclic amines) is 1. The number of hydrogen-bond donors (Lipinski definition) is 0. The van der Waals surface area contributed by atoms with Gasteiger partial charge in [-0.25, -0.2) is 30.0 Å². The van der Waals surface area contributed by atoms with E-state index in [1.54, 1.807) is 0 Å². The molecule has 0 spiro atoms. The number of sulfone groups is 2. The van der Waals surface area contributed by atoms with Crippen molar-refractivity contribution in [3.05, 3.63) is 65.2 Å². The summed E-state index contributed by atoms with van der Waals surface area (Å²) in [4.78, 5) is 13.7. The fourth-order valence-electron chi connectivity index (χ4n) is 5.36. The molecular weight excluding hydrogens is 629 g/mol. The van der Waals surface area contributed by atoms with Crippen molar-refractivity contribution in [1.29, 1.82) is 0 Å². The molecule has 17 heteroatoms. The average molecular weight is 652 g/mol. The molecule has 0 N–H and O–H groups in total. The summed E-state index contributed by atoms with van der Waals surface area (Å²) in [6, 6.07) is 3.57. The van der Waals surface area contributed by atoms with Crippen LogP contribution in [-0.4, -0.2) is 64.6 Å². The molecule has 6 nitrogen and oxygen atoms in total. The van der Waals surface area contributed by atoms with Crippen LogP contribution in [0.4, 0.5) is 39.5 Å². The molecule has 2 aromatic carbocycles. The van der Waals surface area contributed by atoms with E-state index in [0.717, 1.165) is 29.2 Å². The molecule has 0 saturated carbocycles. The van der Waals surface area contributed by atoms with Crippen molar-refractivity contribution in [2.45, 2.75) is 46.9 Å². The van der Waals surface area contributed by atoms with Crippen LogP contribution >= 0.6 is 0 Å². The number of benzene rings is 2. The minimum Gasteiger partial charge on any atom is -0.340 e. The van der Waals surface area contributed by atoms with Gasteiger partial charge in [0, 0.05) is 24.6 Å². The van der Waals surface area contributed by atoms with E-state index in [0.29, 0.717) is 6.07 Å². The molecule has 0 aliphatic carbocycles. The lowest BCUT2D eigenvalue weighted by Gasteiger charge is -2.33. The van der Waals surface area contributed by atoms with Crippen LogP contribution in [0.3, 0.4) is 0 Å². The monoisotopic (exact) mass is 651 g/mol. The quantitative estimate of drug-likeness (QED) is 0.336. The van der Waals surface area contributed by atoms with E-state index in [4.69, 9.17) is 0 Å². The Hall–Kier alpha value is -2.82. The number of amides is 1. The zero-order chi connectivity index (χ0) is 31.5. The maximum atomic E-state index is 15.1. The first kappa shape index (κ1) is 32.1. The summed E-state index contributed by atoms with van der Waals surface area (Å²) in [6.07, 6.45) is -13.9. The van der Waals surface area contributed by atoms with Crippen LogP contribution in [-0.2, 0) is 34.9 Å². The number of alkyl halides is 7. The van der Waals surface area contributed by atoms with Crippen molar-refractivity contribution in [2.24, 2.45) is 5.92 Å². The molecule has 1 atom stereocenters. The number of nitrogens with zero attached hydrogens (tertiary/aromatic N) is 1. The van der Waals surface area contributed by atoms with Crippen LogP contribution < -0.4 is 0 Å². The molecule has 2 heterocycles. The minimum atomic E-state index is -6.63. The third-order valence-electron chi connectivity index (χ3n) is 7.73. The summed E-state index contributed by atoms with van der Waals surface area (Å²) >= 11 is 0. The van der Waals surface area contributed by atoms with Crippen molar-refractivity contribution in [1.82, 2.24) is 4.90 Å². The van der Waals surface area contributed by atoms with E-state index >= 15 is 4.39 Å². The highest BCUT2D eigenvalue weighted by atomic mass is 32.2. The molecular formula is C25H22F9NO5S2. The largest absolute Gasteiger partial charge is 0.436 e. The number of hydrogen-bond acceptors (Lipinski definition) is 5. The second-order valence-corrected chi connectivity index (χ2v) is 14.8. The van der Waals surface area contributed by atoms with Crippen LogP contribution in [0.15, 0.2) is 47.4 Å². The van der Waals surface area contributed by atoms with E-state index < -0.39 is 94.9 Å². The molecule has 2 saturated heterocycles. The van der Waals surface area contributed by atoms with Gasteiger partial charge in [0.25, 0.3) is 0 Å². The summed E-state index contributed by atoms with van der Waals surface area (Å²) in [6.45, 7) is -1.06. The Balaban J connectivity index is 1.82. The second kappa shape index (κ2) is 10.4. The van der Waals surface area contributed by atoms with Crippen molar-refractivity contribution >= 4 is 25.6 Å². The molecule has 4 rings (SSSR count). The summed E-state index contributed by atoms with van der Waals surface area (Å²) in [7, 11) is -8.14. The van der Waals surface area contributed by atoms with Crippen LogP contribution in [0.2, 0.25) is 0 Å². The number of halogens is 9. The number of carbonyl (C=O) groups excluding carboxylic acids is 1. The Morgan fingerprint density at radius 3 is 1.93 bits per heavy atom. The zero-order valence-electron chi connectivity index (χ0n) is 21.3. The summed E-state index contributed by atoms with van der Waals surface area (Å²) < 4.78 is 172. The summed E-state index contributed by atoms with van der Waals surface area (Å²) in [5, 5.41) is 0. The molecule has 2 aliphatic rings. The lowest BCUT2D eigenvalue weighted by Crippen LogP contribution is -2.51. The van der Waals surface area contributed by atoms with E-state index in [2.05, 4.69) is 0 Å². The van der Waals surface area contributed by atoms with E-state index in [1.807, 2.05) is 0 Å². The van der Waals surface area contributed by atoms with E-state index in [9.17, 15) is 56.8 Å². The molecule has 2 aromatic rings. The van der Waals surface area contributed by atoms with Gasteiger partial charge in [0.05, 0.1) is 16.4 Å². The highest BCUT2D eigenvalue weighted by molar-refractivity contribution is 7.92. The normalized spacial score (nSPS) is 22.4. The number of rotatable bonds is 5. The first-order chi connectivity index (χ1) is 19.2. The molecule has 0 radical (unpaired) electrons. The third-order valence-corrected chi connectivity index (χ3v) is 11.9. The van der Waals surface area contributed by atoms with Gasteiger partial charge in [0.15, 0.2) is 9.84 Å². The maximum absolute atomic E-state index is 15.1. The van der Waals surface area contributed by atoms with Crippen molar-refractivity contribution in [3.8, 4) is 0 Å². The zero-order valence-corrected chi connectivity index (χ0v) is 22.9. The van der Waals surface area contributed by atoms with Crippen LogP contribution in [0.5, 0.6) is 0 Å². The molecule has 0 bridgehead atoms. The standard InChI is InChI=1S/C25H22F9NO5S2/c26-17-2-4-18(5-3-17)42(39,40)22(9-10-35(14-22)21(36)15-7-11-41(37,38)12-8-15)16-1-6-19(20(27)13-16)23(28,24(29,30)31)25(32,33)34/h1-6,13,15H,7-12,14H2/t22-/m0/s1. The van der Waals surface area contributed by atoms with Gasteiger partial charge < -0.3 is 4.90 Å². The predicted molar refractivity (Wildman–Crippen MR) is 129 cm³/mol. The Bertz CT molecular complexity index is 1560. The highest BCUT2D eigenvalue weighted by Crippen LogP contribution is 2.54. The van der Waals surface area contributed by atoms with Gasteiger partial charge in [-0.2, -0.15) is 26.3 Å². The Morgan fingerprint density at radius 1 is 0.881 bits per heavy atom. The van der Waals surface area contributed by atoms with Crippen molar-refractivity contribution in [3.63, 3.8) is 0 Å². The molecule has 232 valence electrons. The fourth-order valence-corrected chi connectivity index (χ4v) is 8.92. The molecule has 0 unspecified atom stereocenters. The SMILES string of the molecule is O=C(C1CCS(=O)(=O)CC1)N1CC[C@](c2ccc(C(F)(C(F)(F)F)C(F)(F)F)c(F)c2)(S(=O)(=O)c2ccc(F)cc2)C1. The lowest BCUT2D eigenvalue weighted by atomic mass is 9.89. The minimum absolute atomic E-state index is 0.0589. The van der Waals surface area contributed by atoms with Gasteiger partial charge in [-0.1, -0.05) is 12.1 Å². The van der Waals surface area contributed by atoms with Crippen LogP contribution in [0.1, 0.15) is 30.4 Å². The molecule has 42 heavy (non-hydrogen) atoms. The maximum Gasteiger partial charge on any atom is 0.436 e. The Labute approximate surface area is 234 Å². The van der Waals surface area contributed by atoms with Crippen LogP contribution in [0.25, 0.3) is 0 Å². The summed E-state index contributed by atoms with van der Waals surface area (Å²) in [5.41, 5.74) is -9.22. The average Bonchev–Trinajstić information content (AvgIpc) is 3.34. The van der Waals surface area contributed by atoms with Gasteiger partial charge in [-0.05, 0) is 55.2 Å². The Kier molecular flexibility index (Phi) is 7.96. The smallest absolute Gasteiger partial charge is 0.340 e. The topological polar surface area (TPSA) is 88.6 Å². The summed E-state index contributed by atoms with van der Waals surface area (Å²) in [5.74, 6) is -5.23. The highest BCUT2D eigenvalue weighted by Gasteiger charge is 2.74. The third kappa shape index (κ3) is 5.26. The fraction of sp³-hybridized carbons (Fsp3) is 0.480. The first-order valence-electron chi connectivity index (χ1n) is 12.3. The first-order valence-corrected chi connectivity index (χ1v) is 15.6. The predicted octanol–water partition coefficient (Wildman–Crippen LogP) is 4.98. The number of carbonyl (C=O) groups is 1. The molecule has 2 fully saturated rings. The van der Waals surface area contributed by atoms with Crippen molar-refractivity contribution < 1.29 is 61.1 Å². The van der Waals surface area contributed by atoms with E-state index in [1.165, 1.54) is 0 Å². The van der Waals surface area contributed by atoms with Gasteiger partial charge >= 0.3 is 18.0 Å². The van der Waals surface area contributed by atoms with E-state index in [-0.39, 0.29) is 43.0 Å².